The van der Waals surface area contributed by atoms with Crippen LogP contribution in [0.2, 0.25) is 0 Å². The first-order valence-corrected chi connectivity index (χ1v) is 12.1. The van der Waals surface area contributed by atoms with Gasteiger partial charge >= 0.3 is 0 Å². The van der Waals surface area contributed by atoms with E-state index in [9.17, 15) is 14.4 Å². The van der Waals surface area contributed by atoms with Crippen molar-refractivity contribution >= 4 is 48.1 Å². The summed E-state index contributed by atoms with van der Waals surface area (Å²) in [6.45, 7) is 2.52. The van der Waals surface area contributed by atoms with Crippen molar-refractivity contribution in [1.29, 1.82) is 0 Å². The van der Waals surface area contributed by atoms with Crippen LogP contribution in [0, 0.1) is 0 Å². The van der Waals surface area contributed by atoms with Crippen LogP contribution < -0.4 is 21.3 Å². The van der Waals surface area contributed by atoms with E-state index in [1.54, 1.807) is 11.3 Å². The zero-order chi connectivity index (χ0) is 24.2. The molecular formula is C23H26N3O5PS. The molecule has 8 nitrogen and oxygen atoms in total. The van der Waals surface area contributed by atoms with Gasteiger partial charge in [0, 0.05) is 29.3 Å². The average molecular weight is 488 g/mol. The van der Waals surface area contributed by atoms with E-state index in [2.05, 4.69) is 16.0 Å². The Balaban J connectivity index is 0.000000238. The maximum Gasteiger partial charge on any atom is 0.254 e. The molecule has 2 amide bonds. The van der Waals surface area contributed by atoms with Crippen molar-refractivity contribution < 1.29 is 24.2 Å². The number of nitrogens with one attached hydrogen (secondary N) is 3. The summed E-state index contributed by atoms with van der Waals surface area (Å²) in [5.41, 5.74) is 2.22. The molecule has 0 aliphatic heterocycles. The van der Waals surface area contributed by atoms with Crippen LogP contribution in [0.1, 0.15) is 27.6 Å². The van der Waals surface area contributed by atoms with E-state index in [0.29, 0.717) is 29.3 Å². The predicted octanol–water partition coefficient (Wildman–Crippen LogP) is 2.74. The largest absolute Gasteiger partial charge is 0.379 e. The standard InChI is InChI=1S/C14H16N2OS.C9H10NO4P/c1-3-16-13(17)11-9-12(18-14(11)15-2)10-7-5-4-6-8-10;11-6-5-10-9(12)7-1-3-8(4-2-7)15(13)14/h4-9,15H,3H2,1-2H3,(H,16,17);1-4,6,13-14H,5H2,(H,10,12). The normalized spacial score (nSPS) is 10.1. The van der Waals surface area contributed by atoms with Crippen LogP contribution in [-0.4, -0.2) is 48.0 Å². The van der Waals surface area contributed by atoms with Gasteiger partial charge in [-0.3, -0.25) is 9.59 Å². The number of rotatable bonds is 8. The number of hydrogen-bond acceptors (Lipinski definition) is 7. The number of anilines is 1. The number of hydrogen-bond donors (Lipinski definition) is 5. The van der Waals surface area contributed by atoms with Gasteiger partial charge in [0.2, 0.25) is 0 Å². The fourth-order valence-electron chi connectivity index (χ4n) is 2.73. The molecule has 33 heavy (non-hydrogen) atoms. The Bertz CT molecular complexity index is 1060. The minimum absolute atomic E-state index is 0.0275. The highest BCUT2D eigenvalue weighted by molar-refractivity contribution is 7.54. The van der Waals surface area contributed by atoms with E-state index in [1.807, 2.05) is 50.4 Å². The second-order valence-corrected chi connectivity index (χ2v) is 8.69. The molecule has 0 saturated carbocycles. The SMILES string of the molecule is CCNC(=O)c1cc(-c2ccccc2)sc1NC.O=CCNC(=O)c1ccc(P(O)O)cc1. The highest BCUT2D eigenvalue weighted by atomic mass is 32.1. The Morgan fingerprint density at radius 3 is 2.21 bits per heavy atom. The van der Waals surface area contributed by atoms with Gasteiger partial charge in [0.1, 0.15) is 11.3 Å². The number of thiophene rings is 1. The van der Waals surface area contributed by atoms with Crippen molar-refractivity contribution in [1.82, 2.24) is 10.6 Å². The number of carbonyl (C=O) groups is 3. The molecule has 5 N–H and O–H groups in total. The third-order valence-corrected chi connectivity index (χ3v) is 6.27. The summed E-state index contributed by atoms with van der Waals surface area (Å²) in [5.74, 6) is -0.394. The second kappa shape index (κ2) is 13.4. The molecule has 0 unspecified atom stereocenters. The summed E-state index contributed by atoms with van der Waals surface area (Å²) in [6.07, 6.45) is 0.590. The average Bonchev–Trinajstić information content (AvgIpc) is 3.28. The van der Waals surface area contributed by atoms with Crippen molar-refractivity contribution in [3.05, 3.63) is 71.8 Å². The van der Waals surface area contributed by atoms with E-state index in [1.165, 1.54) is 24.3 Å². The molecule has 10 heteroatoms. The first-order chi connectivity index (χ1) is 15.9. The molecule has 0 aliphatic carbocycles. The quantitative estimate of drug-likeness (QED) is 0.246. The Morgan fingerprint density at radius 2 is 1.67 bits per heavy atom. The Kier molecular flexibility index (Phi) is 10.7. The molecule has 1 heterocycles. The highest BCUT2D eigenvalue weighted by Crippen LogP contribution is 2.35. The van der Waals surface area contributed by atoms with Crippen LogP contribution in [0.25, 0.3) is 10.4 Å². The van der Waals surface area contributed by atoms with Crippen molar-refractivity contribution in [2.45, 2.75) is 6.92 Å². The maximum atomic E-state index is 11.9. The topological polar surface area (TPSA) is 128 Å². The lowest BCUT2D eigenvalue weighted by molar-refractivity contribution is -0.107. The fourth-order valence-corrected chi connectivity index (χ4v) is 4.16. The van der Waals surface area contributed by atoms with Gasteiger partial charge in [-0.05, 0) is 42.8 Å². The zero-order valence-corrected chi connectivity index (χ0v) is 20.0. The number of benzene rings is 2. The van der Waals surface area contributed by atoms with E-state index >= 15 is 0 Å². The van der Waals surface area contributed by atoms with Gasteiger partial charge in [0.15, 0.2) is 8.38 Å². The van der Waals surface area contributed by atoms with Crippen molar-refractivity contribution in [3.8, 4) is 10.4 Å². The number of carbonyl (C=O) groups excluding carboxylic acids is 3. The van der Waals surface area contributed by atoms with Crippen LogP contribution in [0.5, 0.6) is 0 Å². The lowest BCUT2D eigenvalue weighted by atomic mass is 10.1. The highest BCUT2D eigenvalue weighted by Gasteiger charge is 2.15. The van der Waals surface area contributed by atoms with Crippen LogP contribution in [0.15, 0.2) is 60.7 Å². The summed E-state index contributed by atoms with van der Waals surface area (Å²) < 4.78 is 0. The maximum absolute atomic E-state index is 11.9. The molecule has 0 atom stereocenters. The molecule has 1 aromatic heterocycles. The van der Waals surface area contributed by atoms with Gasteiger partial charge < -0.3 is 30.5 Å². The lowest BCUT2D eigenvalue weighted by Gasteiger charge is -2.04. The summed E-state index contributed by atoms with van der Waals surface area (Å²) in [6, 6.07) is 17.9. The molecule has 0 fully saturated rings. The first kappa shape index (κ1) is 26.2. The summed E-state index contributed by atoms with van der Waals surface area (Å²) >= 11 is 1.59. The number of aldehydes is 1. The van der Waals surface area contributed by atoms with Crippen LogP contribution in [-0.2, 0) is 4.79 Å². The Morgan fingerprint density at radius 1 is 1.00 bits per heavy atom. The molecule has 0 aliphatic rings. The second-order valence-electron chi connectivity index (χ2n) is 6.54. The van der Waals surface area contributed by atoms with Crippen LogP contribution in [0.3, 0.4) is 0 Å². The predicted molar refractivity (Wildman–Crippen MR) is 133 cm³/mol. The van der Waals surface area contributed by atoms with Gasteiger partial charge in [-0.15, -0.1) is 11.3 Å². The van der Waals surface area contributed by atoms with Crippen molar-refractivity contribution in [2.24, 2.45) is 0 Å². The molecule has 174 valence electrons. The Hall–Kier alpha value is -3.10. The van der Waals surface area contributed by atoms with E-state index in [-0.39, 0.29) is 18.4 Å². The molecule has 3 rings (SSSR count). The minimum Gasteiger partial charge on any atom is -0.379 e. The number of amides is 2. The van der Waals surface area contributed by atoms with Gasteiger partial charge in [-0.2, -0.15) is 0 Å². The smallest absolute Gasteiger partial charge is 0.254 e. The van der Waals surface area contributed by atoms with Gasteiger partial charge in [0.05, 0.1) is 12.1 Å². The van der Waals surface area contributed by atoms with Crippen LogP contribution >= 0.6 is 19.7 Å². The summed E-state index contributed by atoms with van der Waals surface area (Å²) in [7, 11) is -0.289. The summed E-state index contributed by atoms with van der Waals surface area (Å²) in [5, 5.41) is 9.56. The molecule has 0 radical (unpaired) electrons. The molecule has 2 aromatic carbocycles. The fraction of sp³-hybridized carbons (Fsp3) is 0.174. The van der Waals surface area contributed by atoms with Gasteiger partial charge in [-0.25, -0.2) is 0 Å². The van der Waals surface area contributed by atoms with Crippen molar-refractivity contribution in [3.63, 3.8) is 0 Å². The van der Waals surface area contributed by atoms with E-state index in [4.69, 9.17) is 9.79 Å². The monoisotopic (exact) mass is 487 g/mol. The van der Waals surface area contributed by atoms with Crippen LogP contribution in [0.4, 0.5) is 5.00 Å². The third kappa shape index (κ3) is 7.76. The summed E-state index contributed by atoms with van der Waals surface area (Å²) in [4.78, 5) is 52.1. The lowest BCUT2D eigenvalue weighted by Crippen LogP contribution is -2.25. The Labute approximate surface area is 197 Å². The van der Waals surface area contributed by atoms with E-state index < -0.39 is 8.38 Å². The minimum atomic E-state index is -2.13. The molecule has 0 bridgehead atoms. The molecular weight excluding hydrogens is 461 g/mol. The van der Waals surface area contributed by atoms with E-state index in [0.717, 1.165) is 15.4 Å². The zero-order valence-electron chi connectivity index (χ0n) is 18.2. The molecule has 0 saturated heterocycles. The third-order valence-electron chi connectivity index (χ3n) is 4.31. The first-order valence-electron chi connectivity index (χ1n) is 10.1. The molecule has 0 spiro atoms. The molecule has 3 aromatic rings. The van der Waals surface area contributed by atoms with Crippen molar-refractivity contribution in [2.75, 3.05) is 25.5 Å². The van der Waals surface area contributed by atoms with Gasteiger partial charge in [-0.1, -0.05) is 30.3 Å². The van der Waals surface area contributed by atoms with Gasteiger partial charge in [0.25, 0.3) is 11.8 Å².